The van der Waals surface area contributed by atoms with E-state index >= 15 is 0 Å². The fourth-order valence-electron chi connectivity index (χ4n) is 3.26. The van der Waals surface area contributed by atoms with Crippen molar-refractivity contribution in [3.8, 4) is 0 Å². The van der Waals surface area contributed by atoms with E-state index in [1.165, 1.54) is 24.2 Å². The molecule has 16 heavy (non-hydrogen) atoms. The number of likely N-dealkylation sites (N-methyl/N-ethyl adjacent to an activating group) is 1. The molecule has 1 fully saturated rings. The van der Waals surface area contributed by atoms with Gasteiger partial charge in [0, 0.05) is 24.9 Å². The first-order valence-corrected chi connectivity index (χ1v) is 5.88. The van der Waals surface area contributed by atoms with Gasteiger partial charge in [0.05, 0.1) is 17.4 Å². The standard InChI is InChI=1S/C12H14N4/c1-15-8-3-4-10(15)11-9(7-8)14-12-13-5-2-6-16(11)12/h2,5-6,8,10H,3-4,7H2,1H3. The van der Waals surface area contributed by atoms with E-state index in [9.17, 15) is 0 Å². The molecule has 1 saturated heterocycles. The number of fused-ring (bicyclic) bond motifs is 6. The maximum Gasteiger partial charge on any atom is 0.234 e. The van der Waals surface area contributed by atoms with Crippen LogP contribution in [0.5, 0.6) is 0 Å². The molecule has 0 aliphatic carbocycles. The highest BCUT2D eigenvalue weighted by Gasteiger charge is 2.40. The van der Waals surface area contributed by atoms with E-state index in [1.807, 2.05) is 12.3 Å². The van der Waals surface area contributed by atoms with Gasteiger partial charge in [0.2, 0.25) is 5.78 Å². The lowest BCUT2D eigenvalue weighted by Crippen LogP contribution is -2.34. The molecule has 2 aliphatic heterocycles. The topological polar surface area (TPSA) is 33.4 Å². The van der Waals surface area contributed by atoms with Gasteiger partial charge >= 0.3 is 0 Å². The van der Waals surface area contributed by atoms with Gasteiger partial charge in [0.1, 0.15) is 0 Å². The first kappa shape index (κ1) is 8.70. The molecule has 2 bridgehead atoms. The van der Waals surface area contributed by atoms with Crippen LogP contribution in [-0.2, 0) is 6.42 Å². The summed E-state index contributed by atoms with van der Waals surface area (Å²) in [5.74, 6) is 0.855. The van der Waals surface area contributed by atoms with Crippen LogP contribution in [0.4, 0.5) is 0 Å². The van der Waals surface area contributed by atoms with Crippen molar-refractivity contribution in [2.45, 2.75) is 31.3 Å². The Labute approximate surface area is 93.9 Å². The summed E-state index contributed by atoms with van der Waals surface area (Å²) < 4.78 is 2.16. The third-order valence-corrected chi connectivity index (χ3v) is 4.10. The molecule has 4 heterocycles. The fourth-order valence-corrected chi connectivity index (χ4v) is 3.26. The normalized spacial score (nSPS) is 28.6. The lowest BCUT2D eigenvalue weighted by Gasteiger charge is -2.30. The minimum absolute atomic E-state index is 0.549. The monoisotopic (exact) mass is 214 g/mol. The van der Waals surface area contributed by atoms with Crippen LogP contribution < -0.4 is 0 Å². The number of imidazole rings is 1. The van der Waals surface area contributed by atoms with Crippen LogP contribution in [-0.4, -0.2) is 32.4 Å². The van der Waals surface area contributed by atoms with Crippen LogP contribution in [0, 0.1) is 0 Å². The predicted molar refractivity (Wildman–Crippen MR) is 60.2 cm³/mol. The number of nitrogens with zero attached hydrogens (tertiary/aromatic N) is 4. The van der Waals surface area contributed by atoms with Crippen molar-refractivity contribution in [1.29, 1.82) is 0 Å². The Morgan fingerprint density at radius 3 is 3.25 bits per heavy atom. The second-order valence-electron chi connectivity index (χ2n) is 4.85. The van der Waals surface area contributed by atoms with Gasteiger partial charge in [-0.3, -0.25) is 9.30 Å². The number of hydrogen-bond donors (Lipinski definition) is 0. The van der Waals surface area contributed by atoms with Gasteiger partial charge < -0.3 is 0 Å². The average molecular weight is 214 g/mol. The van der Waals surface area contributed by atoms with Crippen molar-refractivity contribution < 1.29 is 0 Å². The average Bonchev–Trinajstić information content (AvgIpc) is 2.76. The van der Waals surface area contributed by atoms with Crippen molar-refractivity contribution in [3.05, 3.63) is 29.8 Å². The van der Waals surface area contributed by atoms with Crippen LogP contribution in [0.1, 0.15) is 30.3 Å². The van der Waals surface area contributed by atoms with E-state index in [0.717, 1.165) is 12.2 Å². The van der Waals surface area contributed by atoms with Crippen LogP contribution in [0.25, 0.3) is 5.78 Å². The maximum absolute atomic E-state index is 4.65. The largest absolute Gasteiger partial charge is 0.294 e. The molecule has 2 aromatic heterocycles. The zero-order valence-corrected chi connectivity index (χ0v) is 9.30. The van der Waals surface area contributed by atoms with E-state index in [-0.39, 0.29) is 0 Å². The quantitative estimate of drug-likeness (QED) is 0.665. The molecule has 0 aromatic carbocycles. The van der Waals surface area contributed by atoms with Gasteiger partial charge in [0.15, 0.2) is 0 Å². The molecule has 82 valence electrons. The van der Waals surface area contributed by atoms with Gasteiger partial charge in [-0.15, -0.1) is 0 Å². The summed E-state index contributed by atoms with van der Waals surface area (Å²) in [5.41, 5.74) is 2.64. The molecule has 2 aromatic rings. The minimum Gasteiger partial charge on any atom is -0.294 e. The minimum atomic E-state index is 0.549. The van der Waals surface area contributed by atoms with Gasteiger partial charge in [-0.2, -0.15) is 0 Å². The summed E-state index contributed by atoms with van der Waals surface area (Å²) in [7, 11) is 2.24. The van der Waals surface area contributed by atoms with Gasteiger partial charge in [-0.1, -0.05) is 0 Å². The number of rotatable bonds is 0. The number of aromatic nitrogens is 3. The molecule has 0 spiro atoms. The van der Waals surface area contributed by atoms with E-state index in [1.54, 1.807) is 0 Å². The SMILES string of the molecule is CN1C2CCC1c1c(nc3ncccn13)C2. The predicted octanol–water partition coefficient (Wildman–Crippen LogP) is 1.42. The van der Waals surface area contributed by atoms with E-state index in [0.29, 0.717) is 12.1 Å². The molecule has 4 rings (SSSR count). The van der Waals surface area contributed by atoms with Gasteiger partial charge in [0.25, 0.3) is 0 Å². The first-order chi connectivity index (χ1) is 7.84. The van der Waals surface area contributed by atoms with Crippen molar-refractivity contribution in [2.24, 2.45) is 0 Å². The number of hydrogen-bond acceptors (Lipinski definition) is 3. The first-order valence-electron chi connectivity index (χ1n) is 5.88. The Balaban J connectivity index is 2.03. The molecule has 0 amide bonds. The van der Waals surface area contributed by atoms with Crippen molar-refractivity contribution in [2.75, 3.05) is 7.05 Å². The van der Waals surface area contributed by atoms with Crippen LogP contribution in [0.2, 0.25) is 0 Å². The highest BCUT2D eigenvalue weighted by Crippen LogP contribution is 2.42. The molecule has 4 nitrogen and oxygen atoms in total. The third kappa shape index (κ3) is 0.930. The molecular weight excluding hydrogens is 200 g/mol. The van der Waals surface area contributed by atoms with Crippen molar-refractivity contribution in [3.63, 3.8) is 0 Å². The van der Waals surface area contributed by atoms with Crippen LogP contribution >= 0.6 is 0 Å². The van der Waals surface area contributed by atoms with Crippen molar-refractivity contribution in [1.82, 2.24) is 19.3 Å². The fraction of sp³-hybridized carbons (Fsp3) is 0.500. The lowest BCUT2D eigenvalue weighted by molar-refractivity contribution is 0.218. The van der Waals surface area contributed by atoms with Crippen molar-refractivity contribution >= 4 is 5.78 Å². The molecule has 2 aliphatic rings. The summed E-state index contributed by atoms with van der Waals surface area (Å²) in [6.45, 7) is 0. The van der Waals surface area contributed by atoms with Crippen LogP contribution in [0.3, 0.4) is 0 Å². The molecule has 2 unspecified atom stereocenters. The summed E-state index contributed by atoms with van der Waals surface area (Å²) in [6, 6.07) is 3.23. The molecular formula is C12H14N4. The van der Waals surface area contributed by atoms with E-state index in [4.69, 9.17) is 0 Å². The summed E-state index contributed by atoms with van der Waals surface area (Å²) >= 11 is 0. The summed E-state index contributed by atoms with van der Waals surface area (Å²) in [4.78, 5) is 11.5. The molecule has 0 radical (unpaired) electrons. The van der Waals surface area contributed by atoms with Gasteiger partial charge in [-0.05, 0) is 26.0 Å². The Bertz CT molecular complexity index is 559. The van der Waals surface area contributed by atoms with Crippen LogP contribution in [0.15, 0.2) is 18.5 Å². The lowest BCUT2D eigenvalue weighted by atomic mass is 10.0. The van der Waals surface area contributed by atoms with E-state index in [2.05, 4.69) is 32.5 Å². The van der Waals surface area contributed by atoms with E-state index < -0.39 is 0 Å². The summed E-state index contributed by atoms with van der Waals surface area (Å²) in [6.07, 6.45) is 7.55. The second kappa shape index (κ2) is 2.83. The van der Waals surface area contributed by atoms with Gasteiger partial charge in [-0.25, -0.2) is 9.97 Å². The molecule has 0 N–H and O–H groups in total. The highest BCUT2D eigenvalue weighted by molar-refractivity contribution is 5.39. The molecule has 2 atom stereocenters. The third-order valence-electron chi connectivity index (χ3n) is 4.10. The summed E-state index contributed by atoms with van der Waals surface area (Å²) in [5, 5.41) is 0. The Morgan fingerprint density at radius 1 is 1.38 bits per heavy atom. The smallest absolute Gasteiger partial charge is 0.234 e. The Morgan fingerprint density at radius 2 is 2.31 bits per heavy atom. The molecule has 4 heteroatoms. The molecule has 0 saturated carbocycles. The Kier molecular flexibility index (Phi) is 1.54. The maximum atomic E-state index is 4.65. The zero-order valence-electron chi connectivity index (χ0n) is 9.30. The highest BCUT2D eigenvalue weighted by atomic mass is 15.2. The second-order valence-corrected chi connectivity index (χ2v) is 4.85. The Hall–Kier alpha value is -1.42. The zero-order chi connectivity index (χ0) is 10.7.